The molecule has 2 N–H and O–H groups in total. The number of methoxy groups -OCH3 is 1. The molecule has 0 fully saturated rings. The third-order valence-corrected chi connectivity index (χ3v) is 4.74. The number of rotatable bonds is 5. The number of aromatic nitrogens is 1. The van der Waals surface area contributed by atoms with Crippen LogP contribution in [0.25, 0.3) is 12.2 Å². The number of nitrogens with one attached hydrogen (secondary N) is 1. The summed E-state index contributed by atoms with van der Waals surface area (Å²) in [6.45, 7) is 0. The van der Waals surface area contributed by atoms with E-state index in [4.69, 9.17) is 9.84 Å². The van der Waals surface area contributed by atoms with E-state index in [-0.39, 0.29) is 16.9 Å². The van der Waals surface area contributed by atoms with Crippen LogP contribution in [0, 0.1) is 0 Å². The Kier molecular flexibility index (Phi) is 5.33. The third kappa shape index (κ3) is 4.39. The van der Waals surface area contributed by atoms with Gasteiger partial charge < -0.3 is 14.8 Å². The van der Waals surface area contributed by atoms with E-state index in [0.29, 0.717) is 26.1 Å². The molecule has 0 aliphatic carbocycles. The lowest BCUT2D eigenvalue weighted by atomic mass is 10.1. The van der Waals surface area contributed by atoms with E-state index in [1.807, 2.05) is 0 Å². The minimum Gasteiger partial charge on any atom is -0.497 e. The van der Waals surface area contributed by atoms with Gasteiger partial charge in [0.2, 0.25) is 0 Å². The molecule has 0 amide bonds. The lowest BCUT2D eigenvalue weighted by Crippen LogP contribution is -2.20. The summed E-state index contributed by atoms with van der Waals surface area (Å²) in [6, 6.07) is 12.9. The SMILES string of the molecule is COc1ccc(C(=O)/C=c2\[nH]c(=O)/c(=C\c3ccc(C(=O)O)cc3)s2)cc1. The highest BCUT2D eigenvalue weighted by atomic mass is 32.1. The molecule has 0 radical (unpaired) electrons. The second-order valence-electron chi connectivity index (χ2n) is 5.59. The van der Waals surface area contributed by atoms with Crippen LogP contribution in [0.2, 0.25) is 0 Å². The van der Waals surface area contributed by atoms with Crippen LogP contribution in [0.15, 0.2) is 53.3 Å². The number of carboxylic acid groups (broad SMARTS) is 1. The van der Waals surface area contributed by atoms with E-state index < -0.39 is 5.97 Å². The molecule has 2 aromatic carbocycles. The van der Waals surface area contributed by atoms with Crippen LogP contribution >= 0.6 is 11.3 Å². The van der Waals surface area contributed by atoms with Crippen molar-refractivity contribution < 1.29 is 19.4 Å². The highest BCUT2D eigenvalue weighted by molar-refractivity contribution is 7.07. The standard InChI is InChI=1S/C20H15NO5S/c1-26-15-8-6-13(7-9-15)16(22)11-18-21-19(23)17(27-18)10-12-2-4-14(5-3-12)20(24)25/h2-11H,1H3,(H,21,23)(H,24,25)/b17-10+,18-11+. The van der Waals surface area contributed by atoms with Crippen molar-refractivity contribution >= 4 is 35.2 Å². The fraction of sp³-hybridized carbons (Fsp3) is 0.0500. The van der Waals surface area contributed by atoms with Crippen LogP contribution in [-0.4, -0.2) is 29.0 Å². The van der Waals surface area contributed by atoms with Gasteiger partial charge in [0, 0.05) is 11.6 Å². The topological polar surface area (TPSA) is 96.5 Å². The van der Waals surface area contributed by atoms with E-state index in [1.165, 1.54) is 18.2 Å². The molecule has 7 heteroatoms. The number of carboxylic acids is 1. The van der Waals surface area contributed by atoms with Crippen molar-refractivity contribution in [3.05, 3.63) is 84.8 Å². The summed E-state index contributed by atoms with van der Waals surface area (Å²) in [4.78, 5) is 38.0. The molecule has 0 bridgehead atoms. The summed E-state index contributed by atoms with van der Waals surface area (Å²) < 4.78 is 5.92. The van der Waals surface area contributed by atoms with Gasteiger partial charge in [0.25, 0.3) is 5.56 Å². The molecule has 6 nitrogen and oxygen atoms in total. The lowest BCUT2D eigenvalue weighted by Gasteiger charge is -1.99. The van der Waals surface area contributed by atoms with E-state index in [9.17, 15) is 14.4 Å². The van der Waals surface area contributed by atoms with Gasteiger partial charge in [-0.2, -0.15) is 0 Å². The Morgan fingerprint density at radius 1 is 1.04 bits per heavy atom. The van der Waals surface area contributed by atoms with Gasteiger partial charge >= 0.3 is 5.97 Å². The number of thiazole rings is 1. The monoisotopic (exact) mass is 381 g/mol. The second-order valence-corrected chi connectivity index (χ2v) is 6.68. The predicted molar refractivity (Wildman–Crippen MR) is 103 cm³/mol. The van der Waals surface area contributed by atoms with Crippen molar-refractivity contribution in [1.82, 2.24) is 4.98 Å². The van der Waals surface area contributed by atoms with Gasteiger partial charge in [-0.3, -0.25) is 9.59 Å². The smallest absolute Gasteiger partial charge is 0.335 e. The number of aromatic amines is 1. The number of ether oxygens (including phenoxy) is 1. The molecule has 0 saturated carbocycles. The number of carbonyl (C=O) groups is 2. The molecule has 3 rings (SSSR count). The molecule has 3 aromatic rings. The molecular formula is C20H15NO5S. The van der Waals surface area contributed by atoms with Crippen LogP contribution in [0.1, 0.15) is 26.3 Å². The van der Waals surface area contributed by atoms with E-state index in [1.54, 1.807) is 49.6 Å². The Morgan fingerprint density at radius 2 is 1.67 bits per heavy atom. The summed E-state index contributed by atoms with van der Waals surface area (Å²) in [5, 5.41) is 8.91. The average Bonchev–Trinajstić information content (AvgIpc) is 3.01. The summed E-state index contributed by atoms with van der Waals surface area (Å²) in [6.07, 6.45) is 3.02. The van der Waals surface area contributed by atoms with Crippen LogP contribution in [-0.2, 0) is 0 Å². The highest BCUT2D eigenvalue weighted by Gasteiger charge is 2.04. The fourth-order valence-electron chi connectivity index (χ4n) is 2.36. The molecule has 0 spiro atoms. The van der Waals surface area contributed by atoms with Crippen LogP contribution < -0.4 is 19.5 Å². The number of benzene rings is 2. The van der Waals surface area contributed by atoms with Crippen molar-refractivity contribution in [2.75, 3.05) is 7.11 Å². The number of carbonyl (C=O) groups excluding carboxylic acids is 1. The van der Waals surface area contributed by atoms with Crippen molar-refractivity contribution in [3.63, 3.8) is 0 Å². The second kappa shape index (κ2) is 7.84. The average molecular weight is 381 g/mol. The zero-order valence-corrected chi connectivity index (χ0v) is 15.1. The summed E-state index contributed by atoms with van der Waals surface area (Å²) in [5.41, 5.74) is 1.04. The number of ketones is 1. The van der Waals surface area contributed by atoms with Crippen molar-refractivity contribution in [2.45, 2.75) is 0 Å². The Balaban J connectivity index is 1.90. The molecule has 136 valence electrons. The first-order valence-electron chi connectivity index (χ1n) is 7.90. The van der Waals surface area contributed by atoms with E-state index in [0.717, 1.165) is 11.3 Å². The van der Waals surface area contributed by atoms with Gasteiger partial charge in [-0.05, 0) is 48.0 Å². The molecule has 1 aromatic heterocycles. The fourth-order valence-corrected chi connectivity index (χ4v) is 3.24. The van der Waals surface area contributed by atoms with Gasteiger partial charge in [-0.1, -0.05) is 12.1 Å². The van der Waals surface area contributed by atoms with Crippen molar-refractivity contribution in [3.8, 4) is 5.75 Å². The maximum Gasteiger partial charge on any atom is 0.335 e. The van der Waals surface area contributed by atoms with Crippen molar-refractivity contribution in [2.24, 2.45) is 0 Å². The summed E-state index contributed by atoms with van der Waals surface area (Å²) >= 11 is 1.15. The quantitative estimate of drug-likeness (QED) is 0.655. The Morgan fingerprint density at radius 3 is 2.26 bits per heavy atom. The molecule has 0 atom stereocenters. The number of aromatic carboxylic acids is 1. The molecule has 27 heavy (non-hydrogen) atoms. The number of hydrogen-bond acceptors (Lipinski definition) is 5. The Hall–Kier alpha value is -3.45. The molecule has 0 saturated heterocycles. The molecule has 1 heterocycles. The first-order valence-corrected chi connectivity index (χ1v) is 8.72. The van der Waals surface area contributed by atoms with Gasteiger partial charge in [-0.15, -0.1) is 11.3 Å². The van der Waals surface area contributed by atoms with Gasteiger partial charge in [-0.25, -0.2) is 4.79 Å². The largest absolute Gasteiger partial charge is 0.497 e. The minimum absolute atomic E-state index is 0.173. The first kappa shape index (κ1) is 18.3. The predicted octanol–water partition coefficient (Wildman–Crippen LogP) is 1.64. The van der Waals surface area contributed by atoms with Crippen LogP contribution in [0.5, 0.6) is 5.75 Å². The molecule has 0 unspecified atom stereocenters. The van der Waals surface area contributed by atoms with Gasteiger partial charge in [0.1, 0.15) is 5.75 Å². The third-order valence-electron chi connectivity index (χ3n) is 3.77. The van der Waals surface area contributed by atoms with E-state index in [2.05, 4.69) is 4.98 Å². The summed E-state index contributed by atoms with van der Waals surface area (Å²) in [5.74, 6) is -0.584. The highest BCUT2D eigenvalue weighted by Crippen LogP contribution is 2.12. The zero-order valence-electron chi connectivity index (χ0n) is 14.3. The first-order chi connectivity index (χ1) is 13.0. The molecule has 0 aliphatic heterocycles. The van der Waals surface area contributed by atoms with Crippen LogP contribution in [0.3, 0.4) is 0 Å². The zero-order chi connectivity index (χ0) is 19.4. The van der Waals surface area contributed by atoms with Crippen LogP contribution in [0.4, 0.5) is 0 Å². The molecular weight excluding hydrogens is 366 g/mol. The maximum atomic E-state index is 12.3. The minimum atomic E-state index is -1.01. The Bertz CT molecular complexity index is 1150. The number of H-pyrrole nitrogens is 1. The maximum absolute atomic E-state index is 12.3. The number of hydrogen-bond donors (Lipinski definition) is 2. The van der Waals surface area contributed by atoms with Gasteiger partial charge in [0.05, 0.1) is 21.9 Å². The van der Waals surface area contributed by atoms with Crippen molar-refractivity contribution in [1.29, 1.82) is 0 Å². The normalized spacial score (nSPS) is 12.2. The lowest BCUT2D eigenvalue weighted by molar-refractivity contribution is 0.0696. The summed E-state index contributed by atoms with van der Waals surface area (Å²) in [7, 11) is 1.55. The van der Waals surface area contributed by atoms with Gasteiger partial charge in [0.15, 0.2) is 5.78 Å². The Labute approximate surface area is 157 Å². The van der Waals surface area contributed by atoms with E-state index >= 15 is 0 Å². The molecule has 0 aliphatic rings. The number of Topliss-reactive ketones (excluding diaryl/α,β-unsaturated/α-hetero) is 1.